The van der Waals surface area contributed by atoms with Crippen LogP contribution in [0.15, 0.2) is 0 Å². The van der Waals surface area contributed by atoms with E-state index in [2.05, 4.69) is 37.9 Å². The van der Waals surface area contributed by atoms with Crippen LogP contribution in [0.3, 0.4) is 0 Å². The van der Waals surface area contributed by atoms with Gasteiger partial charge in [0, 0.05) is 26.7 Å². The lowest BCUT2D eigenvalue weighted by Crippen LogP contribution is -2.35. The summed E-state index contributed by atoms with van der Waals surface area (Å²) in [6.45, 7) is 15.3. The van der Waals surface area contributed by atoms with Crippen LogP contribution in [0.4, 0.5) is 0 Å². The highest BCUT2D eigenvalue weighted by atomic mass is 16.5. The first kappa shape index (κ1) is 15.9. The number of nitrogens with zero attached hydrogens (tertiary/aromatic N) is 1. The molecule has 0 fully saturated rings. The fourth-order valence-corrected chi connectivity index (χ4v) is 1.47. The molecular formula is C13H30N2O. The minimum atomic E-state index is 0.438. The summed E-state index contributed by atoms with van der Waals surface area (Å²) in [4.78, 5) is 2.41. The van der Waals surface area contributed by atoms with Gasteiger partial charge in [-0.05, 0) is 24.9 Å². The molecule has 16 heavy (non-hydrogen) atoms. The van der Waals surface area contributed by atoms with Crippen molar-refractivity contribution in [2.45, 2.75) is 34.1 Å². The predicted octanol–water partition coefficient (Wildman–Crippen LogP) is 1.98. The Morgan fingerprint density at radius 1 is 1.12 bits per heavy atom. The molecule has 0 saturated heterocycles. The van der Waals surface area contributed by atoms with Crippen LogP contribution in [-0.2, 0) is 4.74 Å². The molecule has 0 unspecified atom stereocenters. The van der Waals surface area contributed by atoms with Crippen molar-refractivity contribution in [2.75, 3.05) is 46.4 Å². The van der Waals surface area contributed by atoms with Crippen molar-refractivity contribution in [2.24, 2.45) is 5.41 Å². The molecule has 98 valence electrons. The van der Waals surface area contributed by atoms with E-state index in [0.29, 0.717) is 5.41 Å². The summed E-state index contributed by atoms with van der Waals surface area (Å²) in [6.07, 6.45) is 1.23. The number of ether oxygens (including phenoxy) is 1. The molecule has 3 heteroatoms. The molecule has 0 aromatic rings. The van der Waals surface area contributed by atoms with Crippen molar-refractivity contribution in [1.29, 1.82) is 0 Å². The molecule has 0 atom stereocenters. The lowest BCUT2D eigenvalue weighted by atomic mass is 9.92. The molecule has 1 N–H and O–H groups in total. The largest absolute Gasteiger partial charge is 0.383 e. The maximum absolute atomic E-state index is 5.08. The van der Waals surface area contributed by atoms with Gasteiger partial charge < -0.3 is 15.0 Å². The Kier molecular flexibility index (Phi) is 8.90. The predicted molar refractivity (Wildman–Crippen MR) is 70.9 cm³/mol. The molecule has 0 bridgehead atoms. The SMILES string of the molecule is CCN(CCNCCC(C)(C)C)CCOC. The number of rotatable bonds is 9. The van der Waals surface area contributed by atoms with Crippen LogP contribution >= 0.6 is 0 Å². The average molecular weight is 230 g/mol. The van der Waals surface area contributed by atoms with E-state index in [9.17, 15) is 0 Å². The Labute approximate surface area is 102 Å². The Morgan fingerprint density at radius 3 is 2.31 bits per heavy atom. The zero-order chi connectivity index (χ0) is 12.4. The normalized spacial score (nSPS) is 12.4. The van der Waals surface area contributed by atoms with Crippen molar-refractivity contribution in [3.05, 3.63) is 0 Å². The Hall–Kier alpha value is -0.120. The smallest absolute Gasteiger partial charge is 0.0589 e. The van der Waals surface area contributed by atoms with Gasteiger partial charge in [-0.15, -0.1) is 0 Å². The first-order valence-corrected chi connectivity index (χ1v) is 6.41. The molecule has 0 amide bonds. The Morgan fingerprint density at radius 2 is 1.81 bits per heavy atom. The van der Waals surface area contributed by atoms with E-state index >= 15 is 0 Å². The molecule has 0 aromatic heterocycles. The average Bonchev–Trinajstić information content (AvgIpc) is 2.20. The number of hydrogen-bond acceptors (Lipinski definition) is 3. The molecule has 3 nitrogen and oxygen atoms in total. The zero-order valence-corrected chi connectivity index (χ0v) is 11.8. The van der Waals surface area contributed by atoms with E-state index in [-0.39, 0.29) is 0 Å². The number of likely N-dealkylation sites (N-methyl/N-ethyl adjacent to an activating group) is 1. The molecular weight excluding hydrogens is 200 g/mol. The van der Waals surface area contributed by atoms with Gasteiger partial charge in [-0.2, -0.15) is 0 Å². The fourth-order valence-electron chi connectivity index (χ4n) is 1.47. The van der Waals surface area contributed by atoms with E-state index in [1.807, 2.05) is 0 Å². The second-order valence-electron chi connectivity index (χ2n) is 5.49. The maximum atomic E-state index is 5.08. The third-order valence-electron chi connectivity index (χ3n) is 2.72. The van der Waals surface area contributed by atoms with Gasteiger partial charge in [0.1, 0.15) is 0 Å². The van der Waals surface area contributed by atoms with Crippen LogP contribution in [0.5, 0.6) is 0 Å². The second kappa shape index (κ2) is 8.97. The van der Waals surface area contributed by atoms with Gasteiger partial charge in [0.15, 0.2) is 0 Å². The number of methoxy groups -OCH3 is 1. The highest BCUT2D eigenvalue weighted by Gasteiger charge is 2.08. The van der Waals surface area contributed by atoms with Crippen LogP contribution in [0.1, 0.15) is 34.1 Å². The summed E-state index contributed by atoms with van der Waals surface area (Å²) in [5, 5.41) is 3.50. The highest BCUT2D eigenvalue weighted by Crippen LogP contribution is 2.16. The third kappa shape index (κ3) is 10.4. The molecule has 0 heterocycles. The summed E-state index contributed by atoms with van der Waals surface area (Å²) < 4.78 is 5.08. The molecule has 0 aliphatic carbocycles. The summed E-state index contributed by atoms with van der Waals surface area (Å²) in [5.74, 6) is 0. The van der Waals surface area contributed by atoms with Crippen LogP contribution in [0.25, 0.3) is 0 Å². The van der Waals surface area contributed by atoms with Crippen molar-refractivity contribution < 1.29 is 4.74 Å². The van der Waals surface area contributed by atoms with Gasteiger partial charge in [0.05, 0.1) is 6.61 Å². The third-order valence-corrected chi connectivity index (χ3v) is 2.72. The molecule has 0 spiro atoms. The lowest BCUT2D eigenvalue weighted by molar-refractivity contribution is 0.151. The molecule has 0 aliphatic heterocycles. The van der Waals surface area contributed by atoms with Crippen LogP contribution in [0.2, 0.25) is 0 Å². The fraction of sp³-hybridized carbons (Fsp3) is 1.00. The molecule has 0 rings (SSSR count). The Balaban J connectivity index is 3.41. The number of hydrogen-bond donors (Lipinski definition) is 1. The quantitative estimate of drug-likeness (QED) is 0.613. The lowest BCUT2D eigenvalue weighted by Gasteiger charge is -2.21. The van der Waals surface area contributed by atoms with E-state index in [0.717, 1.165) is 39.3 Å². The van der Waals surface area contributed by atoms with Crippen molar-refractivity contribution in [1.82, 2.24) is 10.2 Å². The summed E-state index contributed by atoms with van der Waals surface area (Å²) >= 11 is 0. The standard InChI is InChI=1S/C13H30N2O/c1-6-15(11-12-16-5)10-9-14-8-7-13(2,3)4/h14H,6-12H2,1-5H3. The Bertz CT molecular complexity index is 155. The van der Waals surface area contributed by atoms with E-state index in [4.69, 9.17) is 4.74 Å². The van der Waals surface area contributed by atoms with Gasteiger partial charge in [-0.1, -0.05) is 27.7 Å². The summed E-state index contributed by atoms with van der Waals surface area (Å²) in [6, 6.07) is 0. The first-order chi connectivity index (χ1) is 7.49. The summed E-state index contributed by atoms with van der Waals surface area (Å²) in [7, 11) is 1.76. The minimum absolute atomic E-state index is 0.438. The van der Waals surface area contributed by atoms with Gasteiger partial charge in [0.2, 0.25) is 0 Å². The molecule has 0 radical (unpaired) electrons. The minimum Gasteiger partial charge on any atom is -0.383 e. The first-order valence-electron chi connectivity index (χ1n) is 6.41. The highest BCUT2D eigenvalue weighted by molar-refractivity contribution is 4.64. The van der Waals surface area contributed by atoms with Crippen molar-refractivity contribution in [3.63, 3.8) is 0 Å². The molecule has 0 saturated carbocycles. The topological polar surface area (TPSA) is 24.5 Å². The number of nitrogens with one attached hydrogen (secondary N) is 1. The monoisotopic (exact) mass is 230 g/mol. The van der Waals surface area contributed by atoms with Gasteiger partial charge in [0.25, 0.3) is 0 Å². The second-order valence-corrected chi connectivity index (χ2v) is 5.49. The van der Waals surface area contributed by atoms with Gasteiger partial charge in [-0.25, -0.2) is 0 Å². The van der Waals surface area contributed by atoms with Crippen molar-refractivity contribution >= 4 is 0 Å². The van der Waals surface area contributed by atoms with Crippen molar-refractivity contribution in [3.8, 4) is 0 Å². The van der Waals surface area contributed by atoms with Crippen LogP contribution in [0, 0.1) is 5.41 Å². The maximum Gasteiger partial charge on any atom is 0.0589 e. The molecule has 0 aromatic carbocycles. The molecule has 0 aliphatic rings. The van der Waals surface area contributed by atoms with Gasteiger partial charge >= 0.3 is 0 Å². The van der Waals surface area contributed by atoms with E-state index in [1.165, 1.54) is 6.42 Å². The van der Waals surface area contributed by atoms with Gasteiger partial charge in [-0.3, -0.25) is 0 Å². The van der Waals surface area contributed by atoms with E-state index in [1.54, 1.807) is 7.11 Å². The van der Waals surface area contributed by atoms with E-state index < -0.39 is 0 Å². The summed E-state index contributed by atoms with van der Waals surface area (Å²) in [5.41, 5.74) is 0.438. The zero-order valence-electron chi connectivity index (χ0n) is 11.8. The van der Waals surface area contributed by atoms with Crippen LogP contribution < -0.4 is 5.32 Å². The van der Waals surface area contributed by atoms with Crippen LogP contribution in [-0.4, -0.2) is 51.3 Å².